The Bertz CT molecular complexity index is 1500. The average molecular weight is 570 g/mol. The Morgan fingerprint density at radius 3 is 2.56 bits per heavy atom. The molecule has 2 N–H and O–H groups in total. The standard InChI is InChI=1S/C27H31N5O5S2/c1-27(25-29-22(16-38-25)28-15-19-12-13-20(36-3)14-21(19)37-4)23(17-10-11-17)39(34,35)32(2)26(31-27)30-24(33)18-8-6-5-7-9-18/h5-9,12-14,16-17,23,28H,10-11,15H2,1-4H3,(H,30,31,33). The number of guanidine groups is 1. The van der Waals surface area contributed by atoms with Crippen molar-refractivity contribution in [3.05, 3.63) is 70.0 Å². The molecule has 10 nitrogen and oxygen atoms in total. The first-order valence-electron chi connectivity index (χ1n) is 12.5. The lowest BCUT2D eigenvalue weighted by Gasteiger charge is -2.41. The van der Waals surface area contributed by atoms with Crippen LogP contribution >= 0.6 is 11.3 Å². The maximum absolute atomic E-state index is 13.8. The smallest absolute Gasteiger partial charge is 0.257 e. The lowest BCUT2D eigenvalue weighted by molar-refractivity contribution is 0.0974. The number of ether oxygens (including phenoxy) is 2. The van der Waals surface area contributed by atoms with Crippen molar-refractivity contribution in [2.45, 2.75) is 37.1 Å². The van der Waals surface area contributed by atoms with Crippen LogP contribution in [0.3, 0.4) is 0 Å². The molecule has 206 valence electrons. The number of thiazole rings is 1. The molecule has 1 saturated carbocycles. The van der Waals surface area contributed by atoms with Crippen LogP contribution in [0, 0.1) is 5.92 Å². The van der Waals surface area contributed by atoms with Crippen molar-refractivity contribution in [1.82, 2.24) is 14.6 Å². The van der Waals surface area contributed by atoms with Crippen LogP contribution in [0.25, 0.3) is 0 Å². The first-order valence-corrected chi connectivity index (χ1v) is 14.9. The van der Waals surface area contributed by atoms with Crippen molar-refractivity contribution in [1.29, 1.82) is 0 Å². The zero-order valence-corrected chi connectivity index (χ0v) is 23.8. The van der Waals surface area contributed by atoms with E-state index in [1.165, 1.54) is 18.4 Å². The number of rotatable bonds is 8. The molecule has 2 heterocycles. The molecule has 3 aromatic rings. The zero-order valence-electron chi connectivity index (χ0n) is 22.2. The van der Waals surface area contributed by atoms with Gasteiger partial charge >= 0.3 is 0 Å². The Balaban J connectivity index is 1.45. The van der Waals surface area contributed by atoms with Gasteiger partial charge in [0.25, 0.3) is 5.91 Å². The number of methoxy groups -OCH3 is 2. The third-order valence-electron chi connectivity index (χ3n) is 7.10. The van der Waals surface area contributed by atoms with Gasteiger partial charge < -0.3 is 14.8 Å². The second-order valence-electron chi connectivity index (χ2n) is 9.74. The molecule has 2 atom stereocenters. The van der Waals surface area contributed by atoms with E-state index in [9.17, 15) is 13.2 Å². The van der Waals surface area contributed by atoms with Gasteiger partial charge in [-0.2, -0.15) is 0 Å². The summed E-state index contributed by atoms with van der Waals surface area (Å²) < 4.78 is 39.4. The molecule has 5 rings (SSSR count). The third kappa shape index (κ3) is 5.18. The maximum atomic E-state index is 13.8. The van der Waals surface area contributed by atoms with E-state index in [4.69, 9.17) is 19.5 Å². The highest BCUT2D eigenvalue weighted by molar-refractivity contribution is 7.90. The van der Waals surface area contributed by atoms with Gasteiger partial charge in [0.05, 0.1) is 14.2 Å². The number of carbonyl (C=O) groups is 1. The van der Waals surface area contributed by atoms with Crippen LogP contribution in [-0.2, 0) is 22.1 Å². The van der Waals surface area contributed by atoms with Crippen molar-refractivity contribution in [2.24, 2.45) is 10.9 Å². The first-order chi connectivity index (χ1) is 18.7. The number of anilines is 1. The van der Waals surface area contributed by atoms with Gasteiger partial charge in [-0.1, -0.05) is 18.2 Å². The molecule has 2 aliphatic rings. The number of carbonyl (C=O) groups excluding carboxylic acids is 1. The predicted octanol–water partition coefficient (Wildman–Crippen LogP) is 3.83. The lowest BCUT2D eigenvalue weighted by Crippen LogP contribution is -2.58. The molecule has 0 spiro atoms. The first kappa shape index (κ1) is 26.9. The van der Waals surface area contributed by atoms with Crippen LogP contribution in [0.1, 0.15) is 40.7 Å². The monoisotopic (exact) mass is 569 g/mol. The van der Waals surface area contributed by atoms with Gasteiger partial charge in [-0.15, -0.1) is 11.3 Å². The summed E-state index contributed by atoms with van der Waals surface area (Å²) in [4.78, 5) is 22.5. The Labute approximate surface area is 232 Å². The molecular weight excluding hydrogens is 538 g/mol. The van der Waals surface area contributed by atoms with Crippen molar-refractivity contribution in [2.75, 3.05) is 26.6 Å². The molecule has 0 bridgehead atoms. The van der Waals surface area contributed by atoms with Crippen molar-refractivity contribution in [3.8, 4) is 11.5 Å². The number of benzene rings is 2. The van der Waals surface area contributed by atoms with Gasteiger partial charge in [0, 0.05) is 36.2 Å². The molecule has 1 aliphatic carbocycles. The van der Waals surface area contributed by atoms with Crippen molar-refractivity contribution < 1.29 is 22.7 Å². The van der Waals surface area contributed by atoms with Crippen LogP contribution in [0.2, 0.25) is 0 Å². The molecule has 1 aromatic heterocycles. The minimum Gasteiger partial charge on any atom is -0.497 e. The van der Waals surface area contributed by atoms with Crippen LogP contribution < -0.4 is 20.1 Å². The minimum atomic E-state index is -3.83. The summed E-state index contributed by atoms with van der Waals surface area (Å²) in [5.41, 5.74) is 0.154. The Hall–Kier alpha value is -3.64. The van der Waals surface area contributed by atoms with E-state index in [2.05, 4.69) is 10.6 Å². The van der Waals surface area contributed by atoms with Crippen LogP contribution in [0.5, 0.6) is 11.5 Å². The number of aromatic nitrogens is 1. The van der Waals surface area contributed by atoms with Gasteiger partial charge in [0.15, 0.2) is 0 Å². The van der Waals surface area contributed by atoms with E-state index in [1.54, 1.807) is 45.4 Å². The van der Waals surface area contributed by atoms with E-state index in [1.807, 2.05) is 29.6 Å². The Morgan fingerprint density at radius 2 is 1.90 bits per heavy atom. The van der Waals surface area contributed by atoms with Crippen LogP contribution in [-0.4, -0.2) is 56.1 Å². The summed E-state index contributed by atoms with van der Waals surface area (Å²) in [5, 5.41) is 7.65. The minimum absolute atomic E-state index is 0.0177. The molecule has 1 fully saturated rings. The van der Waals surface area contributed by atoms with E-state index in [0.717, 1.165) is 22.7 Å². The Morgan fingerprint density at radius 1 is 1.15 bits per heavy atom. The fourth-order valence-electron chi connectivity index (χ4n) is 4.85. The Kier molecular flexibility index (Phi) is 7.25. The number of sulfonamides is 1. The van der Waals surface area contributed by atoms with Crippen LogP contribution in [0.15, 0.2) is 58.9 Å². The van der Waals surface area contributed by atoms with Gasteiger partial charge in [0.1, 0.15) is 33.1 Å². The molecule has 39 heavy (non-hydrogen) atoms. The molecule has 12 heteroatoms. The van der Waals surface area contributed by atoms with Gasteiger partial charge in [-0.25, -0.2) is 22.7 Å². The average Bonchev–Trinajstić information content (AvgIpc) is 3.64. The van der Waals surface area contributed by atoms with Crippen molar-refractivity contribution >= 4 is 39.0 Å². The summed E-state index contributed by atoms with van der Waals surface area (Å²) in [6.07, 6.45) is 1.62. The number of nitrogens with one attached hydrogen (secondary N) is 2. The number of hydrogen-bond donors (Lipinski definition) is 2. The lowest BCUT2D eigenvalue weighted by atomic mass is 9.95. The van der Waals surface area contributed by atoms with Gasteiger partial charge in [0.2, 0.25) is 16.0 Å². The molecule has 0 saturated heterocycles. The maximum Gasteiger partial charge on any atom is 0.257 e. The number of hydrogen-bond acceptors (Lipinski definition) is 9. The summed E-state index contributed by atoms with van der Waals surface area (Å²) >= 11 is 1.35. The molecular formula is C27H31N5O5S2. The molecule has 0 radical (unpaired) electrons. The summed E-state index contributed by atoms with van der Waals surface area (Å²) in [6, 6.07) is 14.2. The summed E-state index contributed by atoms with van der Waals surface area (Å²) in [6.45, 7) is 2.24. The normalized spacial score (nSPS) is 22.1. The highest BCUT2D eigenvalue weighted by atomic mass is 32.2. The van der Waals surface area contributed by atoms with E-state index < -0.39 is 26.7 Å². The van der Waals surface area contributed by atoms with Crippen LogP contribution in [0.4, 0.5) is 5.82 Å². The highest BCUT2D eigenvalue weighted by Crippen LogP contribution is 2.50. The molecule has 2 aromatic carbocycles. The predicted molar refractivity (Wildman–Crippen MR) is 151 cm³/mol. The van der Waals surface area contributed by atoms with E-state index in [-0.39, 0.29) is 11.9 Å². The largest absolute Gasteiger partial charge is 0.497 e. The van der Waals surface area contributed by atoms with Gasteiger partial charge in [-0.05, 0) is 49.9 Å². The van der Waals surface area contributed by atoms with E-state index >= 15 is 0 Å². The molecule has 1 aliphatic heterocycles. The molecule has 2 unspecified atom stereocenters. The van der Waals surface area contributed by atoms with Gasteiger partial charge in [-0.3, -0.25) is 10.1 Å². The fourth-order valence-corrected chi connectivity index (χ4v) is 8.01. The zero-order chi connectivity index (χ0) is 27.8. The topological polar surface area (TPSA) is 122 Å². The summed E-state index contributed by atoms with van der Waals surface area (Å²) in [5.74, 6) is 1.51. The molecule has 1 amide bonds. The van der Waals surface area contributed by atoms with Crippen molar-refractivity contribution in [3.63, 3.8) is 0 Å². The highest BCUT2D eigenvalue weighted by Gasteiger charge is 2.58. The fraction of sp³-hybridized carbons (Fsp3) is 0.370. The SMILES string of the molecule is COc1ccc(CNc2csc(C3(C)N=C(NC(=O)c4ccccc4)N(C)S(=O)(=O)C3C3CC3)n2)c(OC)c1. The van der Waals surface area contributed by atoms with E-state index in [0.29, 0.717) is 34.4 Å². The summed E-state index contributed by atoms with van der Waals surface area (Å²) in [7, 11) is 0.811. The number of nitrogens with zero attached hydrogens (tertiary/aromatic N) is 3. The number of aliphatic imine (C=N–C) groups is 1. The second kappa shape index (κ2) is 10.5. The quantitative estimate of drug-likeness (QED) is 0.423. The second-order valence-corrected chi connectivity index (χ2v) is 12.7. The third-order valence-corrected chi connectivity index (χ3v) is 10.6. The number of amides is 1.